The van der Waals surface area contributed by atoms with Gasteiger partial charge in [0, 0.05) is 32.4 Å². The number of piperidine rings is 1. The molecule has 6 nitrogen and oxygen atoms in total. The highest BCUT2D eigenvalue weighted by Gasteiger charge is 2.24. The second kappa shape index (κ2) is 6.80. The molecule has 1 fully saturated rings. The lowest BCUT2D eigenvalue weighted by molar-refractivity contribution is 0.475. The first-order chi connectivity index (χ1) is 11.2. The van der Waals surface area contributed by atoms with Crippen LogP contribution in [0.15, 0.2) is 30.7 Å². The maximum absolute atomic E-state index is 9.01. The number of aromatic nitrogens is 3. The minimum absolute atomic E-state index is 0.389. The highest BCUT2D eigenvalue weighted by atomic mass is 35.5. The van der Waals surface area contributed by atoms with Crippen molar-refractivity contribution in [3.8, 4) is 6.07 Å². The Morgan fingerprint density at radius 1 is 1.26 bits per heavy atom. The minimum atomic E-state index is 0.389. The maximum atomic E-state index is 9.01. The van der Waals surface area contributed by atoms with Crippen molar-refractivity contribution in [2.75, 3.05) is 29.9 Å². The van der Waals surface area contributed by atoms with Gasteiger partial charge in [-0.15, -0.1) is 0 Å². The summed E-state index contributed by atoms with van der Waals surface area (Å²) in [4.78, 5) is 17.2. The van der Waals surface area contributed by atoms with Crippen molar-refractivity contribution < 1.29 is 0 Å². The molecule has 0 atom stereocenters. The number of nitriles is 1. The molecule has 0 aliphatic carbocycles. The highest BCUT2D eigenvalue weighted by Crippen LogP contribution is 2.23. The van der Waals surface area contributed by atoms with Crippen LogP contribution in [0.5, 0.6) is 0 Å². The fraction of sp³-hybridized carbons (Fsp3) is 0.375. The molecule has 0 N–H and O–H groups in total. The van der Waals surface area contributed by atoms with E-state index in [9.17, 15) is 0 Å². The molecule has 7 heteroatoms. The molecule has 0 amide bonds. The predicted octanol–water partition coefficient (Wildman–Crippen LogP) is 2.50. The van der Waals surface area contributed by atoms with Crippen LogP contribution in [0.25, 0.3) is 0 Å². The third-order valence-electron chi connectivity index (χ3n) is 4.14. The molecule has 1 aliphatic rings. The maximum Gasteiger partial charge on any atom is 0.225 e. The van der Waals surface area contributed by atoms with E-state index in [4.69, 9.17) is 16.9 Å². The number of hydrogen-bond acceptors (Lipinski definition) is 6. The molecule has 118 valence electrons. The Labute approximate surface area is 140 Å². The van der Waals surface area contributed by atoms with Crippen molar-refractivity contribution in [1.82, 2.24) is 15.0 Å². The summed E-state index contributed by atoms with van der Waals surface area (Å²) in [6.45, 7) is 1.77. The van der Waals surface area contributed by atoms with Crippen molar-refractivity contribution in [3.63, 3.8) is 0 Å². The molecule has 1 saturated heterocycles. The molecule has 2 aromatic rings. The fourth-order valence-corrected chi connectivity index (χ4v) is 2.89. The van der Waals surface area contributed by atoms with Crippen molar-refractivity contribution in [3.05, 3.63) is 41.3 Å². The highest BCUT2D eigenvalue weighted by molar-refractivity contribution is 6.30. The normalized spacial score (nSPS) is 15.3. The largest absolute Gasteiger partial charge is 0.357 e. The van der Waals surface area contributed by atoms with Gasteiger partial charge in [-0.1, -0.05) is 11.6 Å². The van der Waals surface area contributed by atoms with Crippen LogP contribution in [0.1, 0.15) is 18.4 Å². The van der Waals surface area contributed by atoms with Crippen molar-refractivity contribution >= 4 is 23.4 Å². The summed E-state index contributed by atoms with van der Waals surface area (Å²) < 4.78 is 0. The lowest BCUT2D eigenvalue weighted by Crippen LogP contribution is -2.44. The Kier molecular flexibility index (Phi) is 4.58. The molecule has 3 heterocycles. The van der Waals surface area contributed by atoms with E-state index >= 15 is 0 Å². The van der Waals surface area contributed by atoms with Gasteiger partial charge >= 0.3 is 0 Å². The summed E-state index contributed by atoms with van der Waals surface area (Å²) in [7, 11) is 2.03. The lowest BCUT2D eigenvalue weighted by Gasteiger charge is -2.37. The Bertz CT molecular complexity index is 703. The van der Waals surface area contributed by atoms with Gasteiger partial charge in [0.15, 0.2) is 0 Å². The van der Waals surface area contributed by atoms with Crippen LogP contribution in [0.2, 0.25) is 5.02 Å². The van der Waals surface area contributed by atoms with Crippen LogP contribution in [0.3, 0.4) is 0 Å². The number of pyridine rings is 1. The molecule has 0 unspecified atom stereocenters. The Morgan fingerprint density at radius 2 is 1.96 bits per heavy atom. The van der Waals surface area contributed by atoms with E-state index in [2.05, 4.69) is 30.8 Å². The summed E-state index contributed by atoms with van der Waals surface area (Å²) in [5.74, 6) is 1.56. The summed E-state index contributed by atoms with van der Waals surface area (Å²) >= 11 is 5.83. The van der Waals surface area contributed by atoms with E-state index in [1.807, 2.05) is 13.1 Å². The van der Waals surface area contributed by atoms with Crippen molar-refractivity contribution in [2.24, 2.45) is 0 Å². The van der Waals surface area contributed by atoms with Gasteiger partial charge in [-0.2, -0.15) is 5.26 Å². The van der Waals surface area contributed by atoms with Gasteiger partial charge in [-0.3, -0.25) is 0 Å². The molecule has 3 rings (SSSR count). The van der Waals surface area contributed by atoms with Gasteiger partial charge in [-0.05, 0) is 25.0 Å². The molecule has 0 bridgehead atoms. The zero-order chi connectivity index (χ0) is 16.2. The first kappa shape index (κ1) is 15.5. The average Bonchev–Trinajstić information content (AvgIpc) is 2.62. The third kappa shape index (κ3) is 3.51. The van der Waals surface area contributed by atoms with E-state index in [-0.39, 0.29) is 0 Å². The molecule has 2 aromatic heterocycles. The van der Waals surface area contributed by atoms with E-state index in [1.54, 1.807) is 24.7 Å². The fourth-order valence-electron chi connectivity index (χ4n) is 2.79. The summed E-state index contributed by atoms with van der Waals surface area (Å²) in [5.41, 5.74) is 0.633. The van der Waals surface area contributed by atoms with Gasteiger partial charge in [0.25, 0.3) is 0 Å². The zero-order valence-electron chi connectivity index (χ0n) is 12.9. The monoisotopic (exact) mass is 328 g/mol. The summed E-state index contributed by atoms with van der Waals surface area (Å²) in [6, 6.07) is 6.09. The summed E-state index contributed by atoms with van der Waals surface area (Å²) in [5, 5.41) is 9.56. The van der Waals surface area contributed by atoms with Gasteiger partial charge in [0.1, 0.15) is 5.82 Å². The molecule has 0 radical (unpaired) electrons. The Balaban J connectivity index is 1.64. The number of hydrogen-bond donors (Lipinski definition) is 0. The topological polar surface area (TPSA) is 68.9 Å². The van der Waals surface area contributed by atoms with Gasteiger partial charge in [-0.25, -0.2) is 15.0 Å². The van der Waals surface area contributed by atoms with Gasteiger partial charge in [0.2, 0.25) is 5.95 Å². The number of halogens is 1. The zero-order valence-corrected chi connectivity index (χ0v) is 13.6. The second-order valence-electron chi connectivity index (χ2n) is 5.54. The molecule has 23 heavy (non-hydrogen) atoms. The predicted molar refractivity (Wildman–Crippen MR) is 89.6 cm³/mol. The average molecular weight is 329 g/mol. The van der Waals surface area contributed by atoms with Crippen LogP contribution in [0.4, 0.5) is 11.8 Å². The Morgan fingerprint density at radius 3 is 2.61 bits per heavy atom. The first-order valence-electron chi connectivity index (χ1n) is 7.49. The minimum Gasteiger partial charge on any atom is -0.357 e. The molecular formula is C16H17ClN6. The lowest BCUT2D eigenvalue weighted by atomic mass is 10.0. The Hall–Kier alpha value is -2.39. The molecular weight excluding hydrogens is 312 g/mol. The van der Waals surface area contributed by atoms with E-state index < -0.39 is 0 Å². The molecule has 0 aromatic carbocycles. The quantitative estimate of drug-likeness (QED) is 0.862. The van der Waals surface area contributed by atoms with Crippen LogP contribution in [-0.4, -0.2) is 41.1 Å². The molecule has 0 spiro atoms. The van der Waals surface area contributed by atoms with E-state index in [0.717, 1.165) is 37.7 Å². The SMILES string of the molecule is CN(c1cc(C#N)ccn1)C1CCN(c2ncc(Cl)cn2)CC1. The van der Waals surface area contributed by atoms with E-state index in [0.29, 0.717) is 16.6 Å². The molecule has 0 saturated carbocycles. The van der Waals surface area contributed by atoms with Crippen molar-refractivity contribution in [1.29, 1.82) is 5.26 Å². The van der Waals surface area contributed by atoms with Crippen LogP contribution in [0, 0.1) is 11.3 Å². The number of anilines is 2. The second-order valence-corrected chi connectivity index (χ2v) is 5.98. The number of rotatable bonds is 3. The van der Waals surface area contributed by atoms with Gasteiger partial charge in [0.05, 0.1) is 29.0 Å². The van der Waals surface area contributed by atoms with Gasteiger partial charge < -0.3 is 9.80 Å². The molecule has 1 aliphatic heterocycles. The number of nitrogens with zero attached hydrogens (tertiary/aromatic N) is 6. The van der Waals surface area contributed by atoms with Crippen LogP contribution in [-0.2, 0) is 0 Å². The first-order valence-corrected chi connectivity index (χ1v) is 7.86. The smallest absolute Gasteiger partial charge is 0.225 e. The van der Waals surface area contributed by atoms with Crippen LogP contribution < -0.4 is 9.80 Å². The van der Waals surface area contributed by atoms with Crippen molar-refractivity contribution in [2.45, 2.75) is 18.9 Å². The third-order valence-corrected chi connectivity index (χ3v) is 4.33. The van der Waals surface area contributed by atoms with Crippen LogP contribution >= 0.6 is 11.6 Å². The van der Waals surface area contributed by atoms with E-state index in [1.165, 1.54) is 0 Å². The summed E-state index contributed by atoms with van der Waals surface area (Å²) in [6.07, 6.45) is 6.90. The standard InChI is InChI=1S/C16H17ClN6/c1-22(15-8-12(9-18)2-5-19-15)14-3-6-23(7-4-14)16-20-10-13(17)11-21-16/h2,5,8,10-11,14H,3-4,6-7H2,1H3.